The van der Waals surface area contributed by atoms with Crippen molar-refractivity contribution in [3.8, 4) is 10.4 Å². The normalized spacial score (nSPS) is 27.4. The lowest BCUT2D eigenvalue weighted by Gasteiger charge is -2.38. The van der Waals surface area contributed by atoms with Crippen molar-refractivity contribution in [2.45, 2.75) is 47.6 Å². The fraction of sp³-hybridized carbons (Fsp3) is 0.389. The summed E-state index contributed by atoms with van der Waals surface area (Å²) < 4.78 is 34.4. The van der Waals surface area contributed by atoms with Crippen LogP contribution in [-0.4, -0.2) is 37.3 Å². The Morgan fingerprint density at radius 2 is 1.78 bits per heavy atom. The molecule has 27 heavy (non-hydrogen) atoms. The quantitative estimate of drug-likeness (QED) is 0.520. The van der Waals surface area contributed by atoms with Gasteiger partial charge in [0.25, 0.3) is 15.9 Å². The Balaban J connectivity index is 1.63. The number of carbonyl (C=O) groups is 1. The molecule has 144 valence electrons. The van der Waals surface area contributed by atoms with Crippen molar-refractivity contribution in [2.75, 3.05) is 0 Å². The average molecular weight is 409 g/mol. The second-order valence-electron chi connectivity index (χ2n) is 6.98. The predicted molar refractivity (Wildman–Crippen MR) is 99.9 cm³/mol. The Labute approximate surface area is 161 Å². The van der Waals surface area contributed by atoms with Gasteiger partial charge in [-0.1, -0.05) is 30.3 Å². The van der Waals surface area contributed by atoms with Crippen LogP contribution in [0.3, 0.4) is 0 Å². The van der Waals surface area contributed by atoms with Gasteiger partial charge in [0.05, 0.1) is 12.2 Å². The molecule has 0 spiro atoms. The van der Waals surface area contributed by atoms with E-state index in [2.05, 4.69) is 4.72 Å². The maximum Gasteiger partial charge on any atom is 0.264 e. The summed E-state index contributed by atoms with van der Waals surface area (Å²) in [5.41, 5.74) is 1.15. The molecule has 2 bridgehead atoms. The van der Waals surface area contributed by atoms with Crippen LogP contribution in [0, 0.1) is 0 Å². The first-order valence-corrected chi connectivity index (χ1v) is 11.0. The van der Waals surface area contributed by atoms with Crippen molar-refractivity contribution >= 4 is 27.3 Å². The number of carbonyl (C=O) groups excluding carboxylic acids is 1. The number of nitrogens with one attached hydrogen (secondary N) is 2. The van der Waals surface area contributed by atoms with Gasteiger partial charge in [-0.3, -0.25) is 10.0 Å². The first-order chi connectivity index (χ1) is 12.9. The maximum atomic E-state index is 13.0. The highest BCUT2D eigenvalue weighted by atomic mass is 32.2. The molecule has 0 aliphatic carbocycles. The highest BCUT2D eigenvalue weighted by molar-refractivity contribution is 7.91. The smallest absolute Gasteiger partial charge is 0.264 e. The molecule has 3 heterocycles. The van der Waals surface area contributed by atoms with Crippen LogP contribution in [0.15, 0.2) is 46.7 Å². The zero-order chi connectivity index (χ0) is 19.1. The Bertz CT molecular complexity index is 930. The van der Waals surface area contributed by atoms with Crippen molar-refractivity contribution < 1.29 is 23.2 Å². The number of benzene rings is 1. The minimum absolute atomic E-state index is 0.130. The van der Waals surface area contributed by atoms with Crippen LogP contribution >= 0.6 is 11.3 Å². The molecule has 7 nitrogen and oxygen atoms in total. The molecule has 0 radical (unpaired) electrons. The van der Waals surface area contributed by atoms with Gasteiger partial charge in [-0.25, -0.2) is 13.9 Å². The molecule has 2 aliphatic rings. The molecule has 0 unspecified atom stereocenters. The van der Waals surface area contributed by atoms with Crippen molar-refractivity contribution in [3.05, 3.63) is 42.5 Å². The van der Waals surface area contributed by atoms with E-state index < -0.39 is 21.5 Å². The SMILES string of the molecule is O=C(NO)[C@@]1(NS(=O)(=O)c2ccc(-c3ccccc3)s2)C[C@H]2CC[C@@H](C1)O2. The Kier molecular flexibility index (Phi) is 4.81. The zero-order valence-electron chi connectivity index (χ0n) is 14.4. The van der Waals surface area contributed by atoms with Crippen molar-refractivity contribution in [2.24, 2.45) is 0 Å². The second kappa shape index (κ2) is 6.99. The van der Waals surface area contributed by atoms with Crippen LogP contribution in [0.2, 0.25) is 0 Å². The third-order valence-electron chi connectivity index (χ3n) is 5.12. The molecule has 0 saturated carbocycles. The van der Waals surface area contributed by atoms with Crippen LogP contribution in [0.25, 0.3) is 10.4 Å². The fourth-order valence-electron chi connectivity index (χ4n) is 3.89. The topological polar surface area (TPSA) is 105 Å². The molecule has 4 rings (SSSR count). The third-order valence-corrected chi connectivity index (χ3v) is 8.28. The van der Waals surface area contributed by atoms with E-state index in [0.717, 1.165) is 34.6 Å². The van der Waals surface area contributed by atoms with E-state index in [0.29, 0.717) is 0 Å². The number of sulfonamides is 1. The van der Waals surface area contributed by atoms with Crippen molar-refractivity contribution in [1.82, 2.24) is 10.2 Å². The molecule has 2 aromatic rings. The molecule has 1 aromatic heterocycles. The summed E-state index contributed by atoms with van der Waals surface area (Å²) in [5.74, 6) is -0.744. The van der Waals surface area contributed by atoms with Crippen LogP contribution in [0.1, 0.15) is 25.7 Å². The molecule has 2 saturated heterocycles. The molecule has 3 N–H and O–H groups in total. The van der Waals surface area contributed by atoms with Crippen LogP contribution in [0.5, 0.6) is 0 Å². The largest absolute Gasteiger partial charge is 0.375 e. The summed E-state index contributed by atoms with van der Waals surface area (Å²) in [6, 6.07) is 12.8. The summed E-state index contributed by atoms with van der Waals surface area (Å²) in [4.78, 5) is 13.2. The third kappa shape index (κ3) is 3.53. The molecular formula is C18H20N2O5S2. The molecule has 1 aromatic carbocycles. The van der Waals surface area contributed by atoms with E-state index in [1.54, 1.807) is 11.5 Å². The lowest BCUT2D eigenvalue weighted by Crippen LogP contribution is -2.62. The van der Waals surface area contributed by atoms with E-state index in [1.165, 1.54) is 6.07 Å². The summed E-state index contributed by atoms with van der Waals surface area (Å²) in [6.45, 7) is 0. The Morgan fingerprint density at radius 3 is 2.41 bits per heavy atom. The standard InChI is InChI=1S/C18H20N2O5S2/c21-17(19-22)18(10-13-6-7-14(11-18)25-13)20-27(23,24)16-9-8-15(26-16)12-4-2-1-3-5-12/h1-5,8-9,13-14,20,22H,6-7,10-11H2,(H,19,21)/t13-,14+,18-. The molecule has 2 aliphatic heterocycles. The van der Waals surface area contributed by atoms with Gasteiger partial charge >= 0.3 is 0 Å². The molecular weight excluding hydrogens is 388 g/mol. The first-order valence-electron chi connectivity index (χ1n) is 8.71. The molecule has 9 heteroatoms. The van der Waals surface area contributed by atoms with Crippen molar-refractivity contribution in [3.63, 3.8) is 0 Å². The number of hydroxylamine groups is 1. The highest BCUT2D eigenvalue weighted by Crippen LogP contribution is 2.40. The zero-order valence-corrected chi connectivity index (χ0v) is 16.1. The minimum atomic E-state index is -3.94. The highest BCUT2D eigenvalue weighted by Gasteiger charge is 2.51. The fourth-order valence-corrected chi connectivity index (χ4v) is 6.59. The molecule has 1 amide bonds. The number of hydrogen-bond donors (Lipinski definition) is 3. The summed E-state index contributed by atoms with van der Waals surface area (Å²) >= 11 is 1.14. The van der Waals surface area contributed by atoms with Crippen LogP contribution in [0.4, 0.5) is 0 Å². The van der Waals surface area contributed by atoms with Gasteiger partial charge in [0.2, 0.25) is 0 Å². The lowest BCUT2D eigenvalue weighted by atomic mass is 9.87. The Hall–Kier alpha value is -1.78. The maximum absolute atomic E-state index is 13.0. The van der Waals surface area contributed by atoms with Crippen LogP contribution in [-0.2, 0) is 19.6 Å². The second-order valence-corrected chi connectivity index (χ2v) is 9.97. The van der Waals surface area contributed by atoms with Crippen molar-refractivity contribution in [1.29, 1.82) is 0 Å². The summed E-state index contributed by atoms with van der Waals surface area (Å²) in [5, 5.41) is 9.19. The predicted octanol–water partition coefficient (Wildman–Crippen LogP) is 2.28. The van der Waals surface area contributed by atoms with E-state index in [4.69, 9.17) is 4.74 Å². The number of ether oxygens (including phenoxy) is 1. The Morgan fingerprint density at radius 1 is 1.11 bits per heavy atom. The molecule has 2 fully saturated rings. The van der Waals surface area contributed by atoms with Gasteiger partial charge in [-0.15, -0.1) is 11.3 Å². The first kappa shape index (κ1) is 18.6. The summed E-state index contributed by atoms with van der Waals surface area (Å²) in [7, 11) is -3.94. The van der Waals surface area contributed by atoms with E-state index >= 15 is 0 Å². The van der Waals surface area contributed by atoms with Gasteiger partial charge < -0.3 is 4.74 Å². The monoisotopic (exact) mass is 408 g/mol. The molecule has 3 atom stereocenters. The van der Waals surface area contributed by atoms with Gasteiger partial charge in [0.15, 0.2) is 0 Å². The van der Waals surface area contributed by atoms with Gasteiger partial charge in [0, 0.05) is 17.7 Å². The lowest BCUT2D eigenvalue weighted by molar-refractivity contribution is -0.142. The minimum Gasteiger partial charge on any atom is -0.375 e. The average Bonchev–Trinajstić information content (AvgIpc) is 3.29. The van der Waals surface area contributed by atoms with Gasteiger partial charge in [-0.2, -0.15) is 4.72 Å². The van der Waals surface area contributed by atoms with E-state index in [1.807, 2.05) is 30.3 Å². The van der Waals surface area contributed by atoms with E-state index in [9.17, 15) is 18.4 Å². The van der Waals surface area contributed by atoms with Gasteiger partial charge in [0.1, 0.15) is 9.75 Å². The summed E-state index contributed by atoms with van der Waals surface area (Å²) in [6.07, 6.45) is 1.59. The number of thiophene rings is 1. The van der Waals surface area contributed by atoms with Crippen LogP contribution < -0.4 is 10.2 Å². The van der Waals surface area contributed by atoms with Gasteiger partial charge in [-0.05, 0) is 30.5 Å². The number of rotatable bonds is 5. The van der Waals surface area contributed by atoms with E-state index in [-0.39, 0.29) is 29.3 Å². The number of amides is 1. The number of fused-ring (bicyclic) bond motifs is 2. The number of hydrogen-bond acceptors (Lipinski definition) is 6.